The molecule has 0 radical (unpaired) electrons. The predicted octanol–water partition coefficient (Wildman–Crippen LogP) is 7.36. The van der Waals surface area contributed by atoms with Crippen LogP contribution in [-0.4, -0.2) is 40.6 Å². The number of ketones is 1. The van der Waals surface area contributed by atoms with Crippen LogP contribution < -0.4 is 15.6 Å². The second kappa shape index (κ2) is 14.3. The Morgan fingerprint density at radius 3 is 2.46 bits per heavy atom. The maximum absolute atomic E-state index is 15.4. The molecule has 2 aromatic carbocycles. The number of Topliss-reactive ketones (excluding diaryl/α,β-unsaturated/α-hetero) is 1. The van der Waals surface area contributed by atoms with Gasteiger partial charge in [0.05, 0.1) is 33.0 Å². The van der Waals surface area contributed by atoms with Gasteiger partial charge in [-0.3, -0.25) is 24.1 Å². The number of carbonyl (C=O) groups excluding carboxylic acids is 1. The Morgan fingerprint density at radius 2 is 1.73 bits per heavy atom. The summed E-state index contributed by atoms with van der Waals surface area (Å²) in [5.74, 6) is -1.12. The zero-order valence-electron chi connectivity index (χ0n) is 26.6. The topological polar surface area (TPSA) is 95.3 Å². The molecule has 4 aromatic heterocycles. The van der Waals surface area contributed by atoms with Gasteiger partial charge < -0.3 is 14.8 Å². The number of halogens is 2. The van der Waals surface area contributed by atoms with E-state index in [0.717, 1.165) is 32.9 Å². The zero-order chi connectivity index (χ0) is 33.8. The molecule has 0 spiro atoms. The van der Waals surface area contributed by atoms with Gasteiger partial charge in [-0.15, -0.1) is 11.3 Å². The van der Waals surface area contributed by atoms with Crippen molar-refractivity contribution in [1.82, 2.24) is 19.9 Å². The molecule has 48 heavy (non-hydrogen) atoms. The summed E-state index contributed by atoms with van der Waals surface area (Å²) in [5.41, 5.74) is 4.17. The summed E-state index contributed by atoms with van der Waals surface area (Å²) in [7, 11) is 1.67. The number of methoxy groups -OCH3 is 1. The van der Waals surface area contributed by atoms with E-state index in [1.807, 2.05) is 24.4 Å². The molecule has 6 rings (SSSR count). The van der Waals surface area contributed by atoms with Gasteiger partial charge in [-0.1, -0.05) is 12.1 Å². The summed E-state index contributed by atoms with van der Waals surface area (Å²) in [6.45, 7) is 5.62. The number of pyridine rings is 3. The van der Waals surface area contributed by atoms with Crippen LogP contribution in [0.4, 0.5) is 8.78 Å². The van der Waals surface area contributed by atoms with Gasteiger partial charge in [0.2, 0.25) is 0 Å². The standard InChI is InChI=1S/C37H32F2N4O4S/c1-22-16-28(37(45)43(23(22)2)27-8-6-26(38)7-9-27)32(44)18-24-5-11-33(29(39)17-24)47-34-12-13-41-31-19-35(48-36(31)34)30-10-4-25(21-42-30)20-40-14-15-46-3/h4-13,16-17,19,21,40H,14-15,18,20H2,1-3H3. The maximum Gasteiger partial charge on any atom is 0.266 e. The molecule has 0 amide bonds. The van der Waals surface area contributed by atoms with E-state index in [4.69, 9.17) is 9.47 Å². The van der Waals surface area contributed by atoms with E-state index in [2.05, 4.69) is 15.3 Å². The van der Waals surface area contributed by atoms with Gasteiger partial charge >= 0.3 is 0 Å². The fourth-order valence-corrected chi connectivity index (χ4v) is 6.31. The number of hydrogen-bond donors (Lipinski definition) is 1. The summed E-state index contributed by atoms with van der Waals surface area (Å²) in [5, 5.41) is 3.29. The third kappa shape index (κ3) is 7.08. The van der Waals surface area contributed by atoms with Crippen molar-refractivity contribution >= 4 is 27.3 Å². The molecule has 0 aliphatic rings. The van der Waals surface area contributed by atoms with E-state index >= 15 is 4.39 Å². The highest BCUT2D eigenvalue weighted by Gasteiger charge is 2.19. The molecule has 0 aliphatic carbocycles. The van der Waals surface area contributed by atoms with Crippen LogP contribution in [0.25, 0.3) is 26.5 Å². The van der Waals surface area contributed by atoms with Crippen molar-refractivity contribution in [2.45, 2.75) is 26.8 Å². The Labute approximate surface area is 279 Å². The minimum absolute atomic E-state index is 0.0121. The molecule has 1 N–H and O–H groups in total. The van der Waals surface area contributed by atoms with E-state index in [0.29, 0.717) is 41.4 Å². The molecule has 6 aromatic rings. The van der Waals surface area contributed by atoms with Crippen LogP contribution in [0.2, 0.25) is 0 Å². The first-order valence-corrected chi connectivity index (χ1v) is 16.1. The quantitative estimate of drug-likeness (QED) is 0.108. The number of ether oxygens (including phenoxy) is 2. The highest BCUT2D eigenvalue weighted by Crippen LogP contribution is 2.39. The van der Waals surface area contributed by atoms with Crippen LogP contribution in [0.5, 0.6) is 11.5 Å². The Morgan fingerprint density at radius 1 is 0.938 bits per heavy atom. The third-order valence-corrected chi connectivity index (χ3v) is 9.09. The van der Waals surface area contributed by atoms with E-state index in [9.17, 15) is 14.0 Å². The molecule has 0 saturated carbocycles. The first-order chi connectivity index (χ1) is 23.2. The number of fused-ring (bicyclic) bond motifs is 1. The smallest absolute Gasteiger partial charge is 0.266 e. The predicted molar refractivity (Wildman–Crippen MR) is 182 cm³/mol. The van der Waals surface area contributed by atoms with Crippen molar-refractivity contribution in [2.24, 2.45) is 0 Å². The number of rotatable bonds is 12. The Hall–Kier alpha value is -5.10. The van der Waals surface area contributed by atoms with Crippen LogP contribution in [0.1, 0.15) is 32.7 Å². The van der Waals surface area contributed by atoms with Crippen LogP contribution >= 0.6 is 11.3 Å². The lowest BCUT2D eigenvalue weighted by molar-refractivity contribution is 0.0991. The highest BCUT2D eigenvalue weighted by atomic mass is 32.1. The lowest BCUT2D eigenvalue weighted by Gasteiger charge is -2.15. The van der Waals surface area contributed by atoms with Gasteiger partial charge in [0, 0.05) is 56.5 Å². The van der Waals surface area contributed by atoms with Gasteiger partial charge in [0.1, 0.15) is 11.6 Å². The fraction of sp³-hybridized carbons (Fsp3) is 0.189. The average Bonchev–Trinajstić information content (AvgIpc) is 3.53. The second-order valence-corrected chi connectivity index (χ2v) is 12.3. The van der Waals surface area contributed by atoms with Crippen LogP contribution in [0.3, 0.4) is 0 Å². The lowest BCUT2D eigenvalue weighted by atomic mass is 10.0. The van der Waals surface area contributed by atoms with Crippen molar-refractivity contribution in [2.75, 3.05) is 20.3 Å². The van der Waals surface area contributed by atoms with E-state index in [1.165, 1.54) is 52.3 Å². The molecule has 244 valence electrons. The van der Waals surface area contributed by atoms with Crippen molar-refractivity contribution in [3.8, 4) is 27.8 Å². The molecular weight excluding hydrogens is 634 g/mol. The van der Waals surface area contributed by atoms with Gasteiger partial charge in [0.25, 0.3) is 5.56 Å². The van der Waals surface area contributed by atoms with Crippen LogP contribution in [0, 0.1) is 25.5 Å². The van der Waals surface area contributed by atoms with Crippen molar-refractivity contribution in [3.63, 3.8) is 0 Å². The maximum atomic E-state index is 15.4. The molecule has 11 heteroatoms. The monoisotopic (exact) mass is 666 g/mol. The SMILES string of the molecule is COCCNCc1ccc(-c2cc3nccc(Oc4ccc(CC(=O)c5cc(C)c(C)n(-c6ccc(F)cc6)c5=O)cc4F)c3s2)nc1. The molecule has 8 nitrogen and oxygen atoms in total. The number of aromatic nitrogens is 3. The van der Waals surface area contributed by atoms with Gasteiger partial charge in [-0.05, 0) is 85.1 Å². The number of carbonyl (C=O) groups is 1. The zero-order valence-corrected chi connectivity index (χ0v) is 27.4. The van der Waals surface area contributed by atoms with E-state index in [-0.39, 0.29) is 17.7 Å². The third-order valence-electron chi connectivity index (χ3n) is 7.93. The molecule has 0 bridgehead atoms. The fourth-order valence-electron chi connectivity index (χ4n) is 5.27. The van der Waals surface area contributed by atoms with Crippen molar-refractivity contribution in [3.05, 3.63) is 135 Å². The van der Waals surface area contributed by atoms with Gasteiger partial charge in [0.15, 0.2) is 17.3 Å². The Balaban J connectivity index is 1.19. The lowest BCUT2D eigenvalue weighted by Crippen LogP contribution is -2.28. The van der Waals surface area contributed by atoms with Crippen molar-refractivity contribution < 1.29 is 23.0 Å². The number of benzene rings is 2. The van der Waals surface area contributed by atoms with E-state index < -0.39 is 23.0 Å². The summed E-state index contributed by atoms with van der Waals surface area (Å²) in [6, 6.07) is 18.9. The molecule has 0 unspecified atom stereocenters. The Kier molecular flexibility index (Phi) is 9.81. The molecular formula is C37H32F2N4O4S. The minimum atomic E-state index is -0.651. The average molecular weight is 667 g/mol. The summed E-state index contributed by atoms with van der Waals surface area (Å²) >= 11 is 1.45. The largest absolute Gasteiger partial charge is 0.453 e. The van der Waals surface area contributed by atoms with Crippen LogP contribution in [0.15, 0.2) is 90.0 Å². The first-order valence-electron chi connectivity index (χ1n) is 15.2. The molecule has 4 heterocycles. The molecule has 0 atom stereocenters. The number of nitrogens with zero attached hydrogens (tertiary/aromatic N) is 3. The highest BCUT2D eigenvalue weighted by molar-refractivity contribution is 7.22. The van der Waals surface area contributed by atoms with Gasteiger partial charge in [-0.2, -0.15) is 0 Å². The van der Waals surface area contributed by atoms with E-state index in [1.54, 1.807) is 45.4 Å². The second-order valence-electron chi connectivity index (χ2n) is 11.3. The summed E-state index contributed by atoms with van der Waals surface area (Å²) in [4.78, 5) is 36.7. The molecule has 0 fully saturated rings. The first kappa shape index (κ1) is 32.8. The normalized spacial score (nSPS) is 11.3. The minimum Gasteiger partial charge on any atom is -0.453 e. The number of thiophene rings is 1. The van der Waals surface area contributed by atoms with Crippen molar-refractivity contribution in [1.29, 1.82) is 0 Å². The van der Waals surface area contributed by atoms with Gasteiger partial charge in [-0.25, -0.2) is 8.78 Å². The molecule has 0 aliphatic heterocycles. The number of hydrogen-bond acceptors (Lipinski definition) is 8. The summed E-state index contributed by atoms with van der Waals surface area (Å²) in [6.07, 6.45) is 3.23. The molecule has 0 saturated heterocycles. The summed E-state index contributed by atoms with van der Waals surface area (Å²) < 4.78 is 42.1. The number of aryl methyl sites for hydroxylation is 1. The Bertz CT molecular complexity index is 2160. The van der Waals surface area contributed by atoms with Crippen LogP contribution in [-0.2, 0) is 17.7 Å². The number of nitrogens with one attached hydrogen (secondary N) is 1.